The molecule has 0 spiro atoms. The van der Waals surface area contributed by atoms with Crippen LogP contribution in [0.3, 0.4) is 0 Å². The van der Waals surface area contributed by atoms with Crippen LogP contribution in [-0.4, -0.2) is 32.1 Å². The third-order valence-corrected chi connectivity index (χ3v) is 4.56. The summed E-state index contributed by atoms with van der Waals surface area (Å²) in [7, 11) is 0. The largest absolute Gasteiger partial charge is 0.471 e. The first-order valence-electron chi connectivity index (χ1n) is 8.81. The Bertz CT molecular complexity index is 943. The first-order valence-corrected chi connectivity index (χ1v) is 9.18. The molecule has 28 heavy (non-hydrogen) atoms. The van der Waals surface area contributed by atoms with E-state index in [1.807, 2.05) is 32.9 Å². The summed E-state index contributed by atoms with van der Waals surface area (Å²) in [6.07, 6.45) is 4.93. The molecule has 3 rings (SSSR count). The summed E-state index contributed by atoms with van der Waals surface area (Å²) in [6, 6.07) is 5.36. The standard InChI is InChI=1S/C19H22ClN5O3/c1-4-27-11-25-10-15(9-21-25)22-19(26)17-5-6-24(23-17)12-28-16-7-13(2)18(20)14(3)8-16/h5-10H,4,11-12H2,1-3H3,(H,22,26). The van der Waals surface area contributed by atoms with Crippen LogP contribution in [0, 0.1) is 13.8 Å². The lowest BCUT2D eigenvalue weighted by atomic mass is 10.1. The summed E-state index contributed by atoms with van der Waals surface area (Å²) in [5, 5.41) is 11.8. The van der Waals surface area contributed by atoms with E-state index in [2.05, 4.69) is 15.5 Å². The normalized spacial score (nSPS) is 10.9. The molecule has 0 fully saturated rings. The van der Waals surface area contributed by atoms with E-state index in [4.69, 9.17) is 21.1 Å². The lowest BCUT2D eigenvalue weighted by molar-refractivity contribution is 0.0792. The fourth-order valence-corrected chi connectivity index (χ4v) is 2.67. The van der Waals surface area contributed by atoms with Crippen molar-refractivity contribution >= 4 is 23.2 Å². The van der Waals surface area contributed by atoms with Crippen molar-refractivity contribution < 1.29 is 14.3 Å². The topological polar surface area (TPSA) is 83.2 Å². The molecule has 0 atom stereocenters. The highest BCUT2D eigenvalue weighted by Crippen LogP contribution is 2.26. The minimum Gasteiger partial charge on any atom is -0.471 e. The highest BCUT2D eigenvalue weighted by molar-refractivity contribution is 6.32. The molecule has 0 radical (unpaired) electrons. The van der Waals surface area contributed by atoms with E-state index < -0.39 is 0 Å². The summed E-state index contributed by atoms with van der Waals surface area (Å²) < 4.78 is 14.2. The van der Waals surface area contributed by atoms with Crippen LogP contribution < -0.4 is 10.1 Å². The molecule has 1 N–H and O–H groups in total. The molecule has 1 aromatic carbocycles. The zero-order valence-electron chi connectivity index (χ0n) is 16.0. The molecule has 0 aliphatic rings. The van der Waals surface area contributed by atoms with Crippen molar-refractivity contribution in [2.24, 2.45) is 0 Å². The Morgan fingerprint density at radius 2 is 1.96 bits per heavy atom. The number of anilines is 1. The molecule has 0 aliphatic carbocycles. The van der Waals surface area contributed by atoms with E-state index >= 15 is 0 Å². The monoisotopic (exact) mass is 403 g/mol. The van der Waals surface area contributed by atoms with Gasteiger partial charge in [0.05, 0.1) is 18.1 Å². The first kappa shape index (κ1) is 19.9. The SMILES string of the molecule is CCOCn1cc(NC(=O)c2ccn(COc3cc(C)c(Cl)c(C)c3)n2)cn1. The maximum Gasteiger partial charge on any atom is 0.276 e. The molecule has 2 heterocycles. The maximum absolute atomic E-state index is 12.3. The minimum atomic E-state index is -0.326. The number of amides is 1. The predicted molar refractivity (Wildman–Crippen MR) is 106 cm³/mol. The molecule has 148 valence electrons. The first-order chi connectivity index (χ1) is 13.5. The van der Waals surface area contributed by atoms with Crippen LogP contribution in [0.2, 0.25) is 5.02 Å². The van der Waals surface area contributed by atoms with Crippen LogP contribution >= 0.6 is 11.6 Å². The molecule has 8 nitrogen and oxygen atoms in total. The summed E-state index contributed by atoms with van der Waals surface area (Å²) in [5.74, 6) is 0.371. The van der Waals surface area contributed by atoms with Crippen LogP contribution in [0.15, 0.2) is 36.8 Å². The number of carbonyl (C=O) groups excluding carboxylic acids is 1. The maximum atomic E-state index is 12.3. The van der Waals surface area contributed by atoms with Crippen LogP contribution in [0.5, 0.6) is 5.75 Å². The van der Waals surface area contributed by atoms with Crippen molar-refractivity contribution in [3.05, 3.63) is 58.6 Å². The fraction of sp³-hybridized carbons (Fsp3) is 0.316. The second-order valence-corrected chi connectivity index (χ2v) is 6.61. The molecular weight excluding hydrogens is 382 g/mol. The fourth-order valence-electron chi connectivity index (χ4n) is 2.56. The van der Waals surface area contributed by atoms with Crippen molar-refractivity contribution in [1.82, 2.24) is 19.6 Å². The molecule has 0 unspecified atom stereocenters. The summed E-state index contributed by atoms with van der Waals surface area (Å²) >= 11 is 6.17. The zero-order valence-corrected chi connectivity index (χ0v) is 16.7. The Balaban J connectivity index is 1.57. The highest BCUT2D eigenvalue weighted by Gasteiger charge is 2.11. The number of ether oxygens (including phenoxy) is 2. The number of nitrogens with zero attached hydrogens (tertiary/aromatic N) is 4. The van der Waals surface area contributed by atoms with Crippen LogP contribution in [0.1, 0.15) is 28.5 Å². The van der Waals surface area contributed by atoms with Gasteiger partial charge in [-0.25, -0.2) is 9.36 Å². The molecule has 0 saturated carbocycles. The molecule has 3 aromatic rings. The number of aryl methyl sites for hydroxylation is 2. The Morgan fingerprint density at radius 3 is 2.68 bits per heavy atom. The number of benzene rings is 1. The molecule has 0 saturated heterocycles. The van der Waals surface area contributed by atoms with Gasteiger partial charge in [-0.05, 0) is 50.1 Å². The Hall–Kier alpha value is -2.84. The van der Waals surface area contributed by atoms with Gasteiger partial charge in [0.2, 0.25) is 0 Å². The van der Waals surface area contributed by atoms with Gasteiger partial charge in [0, 0.05) is 17.8 Å². The Morgan fingerprint density at radius 1 is 1.21 bits per heavy atom. The van der Waals surface area contributed by atoms with E-state index in [-0.39, 0.29) is 18.3 Å². The second-order valence-electron chi connectivity index (χ2n) is 6.23. The number of nitrogens with one attached hydrogen (secondary N) is 1. The van der Waals surface area contributed by atoms with E-state index in [0.29, 0.717) is 24.8 Å². The van der Waals surface area contributed by atoms with Crippen molar-refractivity contribution in [2.45, 2.75) is 34.2 Å². The smallest absolute Gasteiger partial charge is 0.276 e. The Labute approximate surface area is 168 Å². The summed E-state index contributed by atoms with van der Waals surface area (Å²) in [6.45, 7) is 6.86. The summed E-state index contributed by atoms with van der Waals surface area (Å²) in [5.41, 5.74) is 2.75. The average Bonchev–Trinajstić information content (AvgIpc) is 3.32. The average molecular weight is 404 g/mol. The predicted octanol–water partition coefficient (Wildman–Crippen LogP) is 3.63. The molecule has 0 aliphatic heterocycles. The van der Waals surface area contributed by atoms with Gasteiger partial charge in [-0.3, -0.25) is 4.79 Å². The van der Waals surface area contributed by atoms with Crippen molar-refractivity contribution in [3.63, 3.8) is 0 Å². The van der Waals surface area contributed by atoms with E-state index in [1.54, 1.807) is 34.0 Å². The van der Waals surface area contributed by atoms with Gasteiger partial charge in [-0.2, -0.15) is 10.2 Å². The lowest BCUT2D eigenvalue weighted by Gasteiger charge is -2.10. The minimum absolute atomic E-state index is 0.181. The number of rotatable bonds is 8. The van der Waals surface area contributed by atoms with Crippen molar-refractivity contribution in [1.29, 1.82) is 0 Å². The van der Waals surface area contributed by atoms with Crippen molar-refractivity contribution in [2.75, 3.05) is 11.9 Å². The quantitative estimate of drug-likeness (QED) is 0.620. The number of carbonyl (C=O) groups is 1. The number of hydrogen-bond acceptors (Lipinski definition) is 5. The van der Waals surface area contributed by atoms with Gasteiger partial charge in [0.1, 0.15) is 12.5 Å². The van der Waals surface area contributed by atoms with Crippen LogP contribution in [0.25, 0.3) is 0 Å². The molecule has 1 amide bonds. The molecule has 9 heteroatoms. The molecule has 0 bridgehead atoms. The van der Waals surface area contributed by atoms with E-state index in [9.17, 15) is 4.79 Å². The van der Waals surface area contributed by atoms with E-state index in [1.165, 1.54) is 0 Å². The van der Waals surface area contributed by atoms with Crippen LogP contribution in [-0.2, 0) is 18.2 Å². The number of halogens is 1. The second kappa shape index (κ2) is 8.90. The van der Waals surface area contributed by atoms with Crippen molar-refractivity contribution in [3.8, 4) is 5.75 Å². The van der Waals surface area contributed by atoms with Gasteiger partial charge in [-0.1, -0.05) is 11.6 Å². The van der Waals surface area contributed by atoms with Gasteiger partial charge in [0.15, 0.2) is 12.4 Å². The lowest BCUT2D eigenvalue weighted by Crippen LogP contribution is -2.14. The third kappa shape index (κ3) is 4.90. The van der Waals surface area contributed by atoms with Gasteiger partial charge < -0.3 is 14.8 Å². The van der Waals surface area contributed by atoms with Gasteiger partial charge >= 0.3 is 0 Å². The van der Waals surface area contributed by atoms with E-state index in [0.717, 1.165) is 16.1 Å². The number of hydrogen-bond donors (Lipinski definition) is 1. The Kier molecular flexibility index (Phi) is 6.33. The zero-order chi connectivity index (χ0) is 20.1. The molecule has 2 aromatic heterocycles. The summed E-state index contributed by atoms with van der Waals surface area (Å²) in [4.78, 5) is 12.3. The molecular formula is C19H22ClN5O3. The highest BCUT2D eigenvalue weighted by atomic mass is 35.5. The third-order valence-electron chi connectivity index (χ3n) is 3.97. The van der Waals surface area contributed by atoms with Gasteiger partial charge in [0.25, 0.3) is 5.91 Å². The number of aromatic nitrogens is 4. The van der Waals surface area contributed by atoms with Gasteiger partial charge in [-0.15, -0.1) is 0 Å². The van der Waals surface area contributed by atoms with Crippen LogP contribution in [0.4, 0.5) is 5.69 Å².